The monoisotopic (exact) mass is 300 g/mol. The molecule has 1 aromatic rings. The summed E-state index contributed by atoms with van der Waals surface area (Å²) >= 11 is 0. The number of nitrogens with zero attached hydrogens (tertiary/aromatic N) is 1. The Morgan fingerprint density at radius 2 is 1.90 bits per heavy atom. The number of nitrogens with two attached hydrogens (primary N) is 1. The van der Waals surface area contributed by atoms with Gasteiger partial charge in [0.15, 0.2) is 0 Å². The first-order valence-electron chi connectivity index (χ1n) is 7.28. The zero-order chi connectivity index (χ0) is 16.0. The minimum atomic E-state index is -2.81. The van der Waals surface area contributed by atoms with Gasteiger partial charge in [0.2, 0.25) is 0 Å². The van der Waals surface area contributed by atoms with Gasteiger partial charge in [-0.3, -0.25) is 4.90 Å². The van der Waals surface area contributed by atoms with Crippen molar-refractivity contribution in [2.24, 2.45) is 11.1 Å². The lowest BCUT2D eigenvalue weighted by molar-refractivity contribution is -0.0512. The summed E-state index contributed by atoms with van der Waals surface area (Å²) in [4.78, 5) is 2.22. The third kappa shape index (κ3) is 5.25. The van der Waals surface area contributed by atoms with Gasteiger partial charge in [-0.1, -0.05) is 39.0 Å². The second kappa shape index (κ2) is 7.71. The predicted molar refractivity (Wildman–Crippen MR) is 81.6 cm³/mol. The van der Waals surface area contributed by atoms with Crippen molar-refractivity contribution in [3.63, 3.8) is 0 Å². The van der Waals surface area contributed by atoms with Crippen molar-refractivity contribution in [1.82, 2.24) is 4.90 Å². The molecule has 0 bridgehead atoms. The second-order valence-electron chi connectivity index (χ2n) is 6.02. The van der Waals surface area contributed by atoms with Crippen LogP contribution in [0.15, 0.2) is 24.3 Å². The van der Waals surface area contributed by atoms with Crippen LogP contribution in [0.4, 0.5) is 8.78 Å². The number of para-hydroxylation sites is 1. The minimum absolute atomic E-state index is 0.0178. The van der Waals surface area contributed by atoms with Crippen LogP contribution in [0.25, 0.3) is 0 Å². The summed E-state index contributed by atoms with van der Waals surface area (Å²) in [6.07, 6.45) is 0. The van der Waals surface area contributed by atoms with E-state index >= 15 is 0 Å². The van der Waals surface area contributed by atoms with Gasteiger partial charge in [0, 0.05) is 18.2 Å². The van der Waals surface area contributed by atoms with Crippen molar-refractivity contribution < 1.29 is 13.5 Å². The summed E-state index contributed by atoms with van der Waals surface area (Å²) in [5.74, 6) is 0.240. The Kier molecular flexibility index (Phi) is 6.55. The topological polar surface area (TPSA) is 38.5 Å². The predicted octanol–water partition coefficient (Wildman–Crippen LogP) is 3.66. The molecule has 1 rings (SSSR count). The molecule has 0 aromatic heterocycles. The fourth-order valence-electron chi connectivity index (χ4n) is 2.36. The quantitative estimate of drug-likeness (QED) is 0.796. The lowest BCUT2D eigenvalue weighted by atomic mass is 9.91. The maximum atomic E-state index is 12.5. The molecule has 1 unspecified atom stereocenters. The molecular weight excluding hydrogens is 274 g/mol. The molecular formula is C16H26F2N2O. The van der Waals surface area contributed by atoms with Crippen LogP contribution in [0.1, 0.15) is 39.3 Å². The van der Waals surface area contributed by atoms with Crippen LogP contribution in [-0.2, 0) is 0 Å². The number of hydrogen-bond acceptors (Lipinski definition) is 3. The first-order chi connectivity index (χ1) is 9.80. The highest BCUT2D eigenvalue weighted by Gasteiger charge is 2.25. The zero-order valence-electron chi connectivity index (χ0n) is 13.3. The number of benzene rings is 1. The van der Waals surface area contributed by atoms with Crippen molar-refractivity contribution in [3.8, 4) is 5.75 Å². The number of hydrogen-bond donors (Lipinski definition) is 1. The average Bonchev–Trinajstić information content (AvgIpc) is 2.44. The van der Waals surface area contributed by atoms with Gasteiger partial charge < -0.3 is 10.5 Å². The van der Waals surface area contributed by atoms with Crippen LogP contribution in [0.5, 0.6) is 5.75 Å². The van der Waals surface area contributed by atoms with Crippen molar-refractivity contribution >= 4 is 0 Å². The van der Waals surface area contributed by atoms with E-state index in [4.69, 9.17) is 5.73 Å². The van der Waals surface area contributed by atoms with Gasteiger partial charge in [-0.25, -0.2) is 0 Å². The van der Waals surface area contributed by atoms with Crippen LogP contribution < -0.4 is 10.5 Å². The fraction of sp³-hybridized carbons (Fsp3) is 0.625. The van der Waals surface area contributed by atoms with Crippen molar-refractivity contribution in [2.45, 2.75) is 40.3 Å². The lowest BCUT2D eigenvalue weighted by Crippen LogP contribution is -2.40. The molecule has 0 spiro atoms. The number of halogens is 2. The van der Waals surface area contributed by atoms with Crippen LogP contribution in [-0.4, -0.2) is 31.1 Å². The third-order valence-electron chi connectivity index (χ3n) is 3.72. The molecule has 0 saturated heterocycles. The van der Waals surface area contributed by atoms with E-state index in [1.807, 2.05) is 19.1 Å². The summed E-state index contributed by atoms with van der Waals surface area (Å²) in [7, 11) is 0. The summed E-state index contributed by atoms with van der Waals surface area (Å²) in [6, 6.07) is 6.94. The van der Waals surface area contributed by atoms with E-state index in [2.05, 4.69) is 30.4 Å². The number of ether oxygens (including phenoxy) is 1. The van der Waals surface area contributed by atoms with Gasteiger partial charge in [-0.2, -0.15) is 8.78 Å². The SMILES string of the molecule is CCN(CC(C)(C)CN)C(C)c1ccccc1OC(F)F. The standard InChI is InChI=1S/C16H26F2N2O/c1-5-20(11-16(3,4)10-19)12(2)13-8-6-7-9-14(13)21-15(17)18/h6-9,12,15H,5,10-11,19H2,1-4H3. The Labute approximate surface area is 126 Å². The molecule has 120 valence electrons. The molecule has 0 fully saturated rings. The van der Waals surface area contributed by atoms with Crippen LogP contribution in [0.3, 0.4) is 0 Å². The summed E-state index contributed by atoms with van der Waals surface area (Å²) in [6.45, 7) is 7.63. The molecule has 1 atom stereocenters. The maximum Gasteiger partial charge on any atom is 0.387 e. The first kappa shape index (κ1) is 17.9. The number of alkyl halides is 2. The fourth-order valence-corrected chi connectivity index (χ4v) is 2.36. The molecule has 1 aromatic carbocycles. The van der Waals surface area contributed by atoms with E-state index in [0.29, 0.717) is 6.54 Å². The molecule has 0 aliphatic heterocycles. The van der Waals surface area contributed by atoms with Gasteiger partial charge in [-0.15, -0.1) is 0 Å². The molecule has 0 amide bonds. The largest absolute Gasteiger partial charge is 0.434 e. The first-order valence-corrected chi connectivity index (χ1v) is 7.28. The third-order valence-corrected chi connectivity index (χ3v) is 3.72. The average molecular weight is 300 g/mol. The van der Waals surface area contributed by atoms with Crippen LogP contribution in [0, 0.1) is 5.41 Å². The number of rotatable bonds is 8. The van der Waals surface area contributed by atoms with Crippen LogP contribution >= 0.6 is 0 Å². The normalized spacial score (nSPS) is 13.8. The van der Waals surface area contributed by atoms with E-state index in [1.54, 1.807) is 12.1 Å². The van der Waals surface area contributed by atoms with Crippen molar-refractivity contribution in [1.29, 1.82) is 0 Å². The summed E-state index contributed by atoms with van der Waals surface area (Å²) in [5.41, 5.74) is 6.54. The van der Waals surface area contributed by atoms with E-state index in [-0.39, 0.29) is 17.2 Å². The Bertz CT molecular complexity index is 438. The smallest absolute Gasteiger partial charge is 0.387 e. The van der Waals surface area contributed by atoms with E-state index in [9.17, 15) is 8.78 Å². The Hall–Kier alpha value is -1.20. The highest BCUT2D eigenvalue weighted by Crippen LogP contribution is 2.31. The van der Waals surface area contributed by atoms with E-state index < -0.39 is 6.61 Å². The summed E-state index contributed by atoms with van der Waals surface area (Å²) < 4.78 is 29.7. The molecule has 0 aliphatic carbocycles. The maximum absolute atomic E-state index is 12.5. The van der Waals surface area contributed by atoms with Gasteiger partial charge in [0.05, 0.1) is 0 Å². The minimum Gasteiger partial charge on any atom is -0.434 e. The van der Waals surface area contributed by atoms with Crippen molar-refractivity contribution in [2.75, 3.05) is 19.6 Å². The van der Waals surface area contributed by atoms with Gasteiger partial charge in [0.25, 0.3) is 0 Å². The highest BCUT2D eigenvalue weighted by molar-refractivity contribution is 5.35. The lowest BCUT2D eigenvalue weighted by Gasteiger charge is -2.35. The molecule has 5 heteroatoms. The zero-order valence-corrected chi connectivity index (χ0v) is 13.3. The van der Waals surface area contributed by atoms with E-state index in [0.717, 1.165) is 18.7 Å². The molecule has 2 N–H and O–H groups in total. The van der Waals surface area contributed by atoms with Gasteiger partial charge in [-0.05, 0) is 31.5 Å². The molecule has 0 radical (unpaired) electrons. The Morgan fingerprint density at radius 1 is 1.29 bits per heavy atom. The van der Waals surface area contributed by atoms with Gasteiger partial charge in [0.1, 0.15) is 5.75 Å². The van der Waals surface area contributed by atoms with Crippen LogP contribution in [0.2, 0.25) is 0 Å². The molecule has 21 heavy (non-hydrogen) atoms. The Morgan fingerprint density at radius 3 is 2.43 bits per heavy atom. The molecule has 0 saturated carbocycles. The molecule has 0 heterocycles. The summed E-state index contributed by atoms with van der Waals surface area (Å²) in [5, 5.41) is 0. The van der Waals surface area contributed by atoms with Gasteiger partial charge >= 0.3 is 6.61 Å². The second-order valence-corrected chi connectivity index (χ2v) is 6.02. The highest BCUT2D eigenvalue weighted by atomic mass is 19.3. The van der Waals surface area contributed by atoms with Crippen molar-refractivity contribution in [3.05, 3.63) is 29.8 Å². The molecule has 0 aliphatic rings. The molecule has 3 nitrogen and oxygen atoms in total. The Balaban J connectivity index is 2.97. The van der Waals surface area contributed by atoms with E-state index in [1.165, 1.54) is 0 Å².